The van der Waals surface area contributed by atoms with E-state index in [1.54, 1.807) is 0 Å². The number of aryl methyl sites for hydroxylation is 1. The van der Waals surface area contributed by atoms with E-state index in [1.165, 1.54) is 11.1 Å². The zero-order valence-corrected chi connectivity index (χ0v) is 13.5. The van der Waals surface area contributed by atoms with E-state index in [2.05, 4.69) is 55.3 Å². The molecule has 0 aliphatic rings. The monoisotopic (exact) mass is 276 g/mol. The van der Waals surface area contributed by atoms with Crippen LogP contribution in [0.4, 0.5) is 0 Å². The van der Waals surface area contributed by atoms with Gasteiger partial charge in [0, 0.05) is 19.5 Å². The van der Waals surface area contributed by atoms with Crippen LogP contribution in [0.15, 0.2) is 24.3 Å². The summed E-state index contributed by atoms with van der Waals surface area (Å²) < 4.78 is 0. The first kappa shape index (κ1) is 16.7. The minimum Gasteiger partial charge on any atom is -0.355 e. The van der Waals surface area contributed by atoms with Crippen molar-refractivity contribution < 1.29 is 4.79 Å². The Morgan fingerprint density at radius 1 is 1.20 bits per heavy atom. The summed E-state index contributed by atoms with van der Waals surface area (Å²) in [5.41, 5.74) is 2.60. The number of benzene rings is 1. The normalized spacial score (nSPS) is 11.7. The van der Waals surface area contributed by atoms with Crippen LogP contribution in [0, 0.1) is 6.92 Å². The summed E-state index contributed by atoms with van der Waals surface area (Å²) in [5, 5.41) is 2.97. The molecule has 0 heterocycles. The lowest BCUT2D eigenvalue weighted by Gasteiger charge is -2.25. The van der Waals surface area contributed by atoms with Gasteiger partial charge in [0.05, 0.1) is 0 Å². The fourth-order valence-electron chi connectivity index (χ4n) is 2.08. The van der Waals surface area contributed by atoms with Gasteiger partial charge in [-0.3, -0.25) is 4.79 Å². The Hall–Kier alpha value is -1.35. The molecule has 1 rings (SSSR count). The van der Waals surface area contributed by atoms with Gasteiger partial charge in [-0.15, -0.1) is 0 Å². The van der Waals surface area contributed by atoms with Gasteiger partial charge in [0.15, 0.2) is 0 Å². The molecule has 0 radical (unpaired) electrons. The average Bonchev–Trinajstić information content (AvgIpc) is 2.36. The van der Waals surface area contributed by atoms with Crippen molar-refractivity contribution in [3.05, 3.63) is 35.4 Å². The molecule has 0 aromatic heterocycles. The van der Waals surface area contributed by atoms with Crippen LogP contribution < -0.4 is 5.32 Å². The molecule has 1 aromatic rings. The Morgan fingerprint density at radius 2 is 1.80 bits per heavy atom. The number of amides is 1. The summed E-state index contributed by atoms with van der Waals surface area (Å²) in [6, 6.07) is 8.60. The molecule has 1 aromatic carbocycles. The van der Waals surface area contributed by atoms with Crippen molar-refractivity contribution in [2.75, 3.05) is 27.2 Å². The summed E-state index contributed by atoms with van der Waals surface area (Å²) in [4.78, 5) is 13.9. The maximum Gasteiger partial charge on any atom is 0.220 e. The van der Waals surface area contributed by atoms with E-state index in [-0.39, 0.29) is 11.3 Å². The molecule has 0 saturated heterocycles. The summed E-state index contributed by atoms with van der Waals surface area (Å²) in [6.45, 7) is 8.09. The number of likely N-dealkylation sites (N-methyl/N-ethyl adjacent to an activating group) is 1. The van der Waals surface area contributed by atoms with Crippen LogP contribution in [-0.4, -0.2) is 38.0 Å². The third-order valence-electron chi connectivity index (χ3n) is 3.69. The van der Waals surface area contributed by atoms with Gasteiger partial charge in [0.25, 0.3) is 0 Å². The Morgan fingerprint density at radius 3 is 2.35 bits per heavy atom. The first-order valence-corrected chi connectivity index (χ1v) is 7.30. The second-order valence-corrected chi connectivity index (χ2v) is 6.40. The van der Waals surface area contributed by atoms with Crippen molar-refractivity contribution in [2.45, 2.75) is 39.0 Å². The van der Waals surface area contributed by atoms with Crippen LogP contribution in [0.5, 0.6) is 0 Å². The van der Waals surface area contributed by atoms with E-state index in [4.69, 9.17) is 0 Å². The zero-order chi connectivity index (χ0) is 15.2. The molecule has 0 aliphatic carbocycles. The Labute approximate surface area is 123 Å². The van der Waals surface area contributed by atoms with E-state index in [9.17, 15) is 4.79 Å². The van der Waals surface area contributed by atoms with E-state index in [0.717, 1.165) is 19.5 Å². The SMILES string of the molecule is Cc1ccc(C(C)(C)CCC(=O)NCCN(C)C)cc1. The quantitative estimate of drug-likeness (QED) is 0.830. The Balaban J connectivity index is 2.42. The van der Waals surface area contributed by atoms with Crippen LogP contribution >= 0.6 is 0 Å². The highest BCUT2D eigenvalue weighted by molar-refractivity contribution is 5.76. The van der Waals surface area contributed by atoms with E-state index >= 15 is 0 Å². The molecule has 20 heavy (non-hydrogen) atoms. The third kappa shape index (κ3) is 5.74. The fourth-order valence-corrected chi connectivity index (χ4v) is 2.08. The van der Waals surface area contributed by atoms with Crippen LogP contribution in [-0.2, 0) is 10.2 Å². The molecular formula is C17H28N2O. The number of carbonyl (C=O) groups excluding carboxylic acids is 1. The van der Waals surface area contributed by atoms with E-state index in [1.807, 2.05) is 14.1 Å². The molecule has 0 bridgehead atoms. The van der Waals surface area contributed by atoms with Crippen LogP contribution in [0.25, 0.3) is 0 Å². The van der Waals surface area contributed by atoms with Crippen molar-refractivity contribution in [3.8, 4) is 0 Å². The molecule has 0 saturated carbocycles. The van der Waals surface area contributed by atoms with Gasteiger partial charge < -0.3 is 10.2 Å². The van der Waals surface area contributed by atoms with Gasteiger partial charge >= 0.3 is 0 Å². The van der Waals surface area contributed by atoms with Gasteiger partial charge in [-0.25, -0.2) is 0 Å². The highest BCUT2D eigenvalue weighted by atomic mass is 16.1. The molecule has 0 spiro atoms. The molecular weight excluding hydrogens is 248 g/mol. The second kappa shape index (κ2) is 7.44. The number of rotatable bonds is 7. The van der Waals surface area contributed by atoms with Gasteiger partial charge in [-0.1, -0.05) is 43.7 Å². The number of hydrogen-bond donors (Lipinski definition) is 1. The predicted molar refractivity (Wildman–Crippen MR) is 85.0 cm³/mol. The molecule has 3 nitrogen and oxygen atoms in total. The van der Waals surface area contributed by atoms with E-state index in [0.29, 0.717) is 6.42 Å². The lowest BCUT2D eigenvalue weighted by molar-refractivity contribution is -0.121. The van der Waals surface area contributed by atoms with Crippen LogP contribution in [0.3, 0.4) is 0 Å². The average molecular weight is 276 g/mol. The lowest BCUT2D eigenvalue weighted by atomic mass is 9.80. The first-order valence-electron chi connectivity index (χ1n) is 7.30. The largest absolute Gasteiger partial charge is 0.355 e. The number of hydrogen-bond acceptors (Lipinski definition) is 2. The standard InChI is InChI=1S/C17H28N2O/c1-14-6-8-15(9-7-14)17(2,3)11-10-16(20)18-12-13-19(4)5/h6-9H,10-13H2,1-5H3,(H,18,20). The molecule has 112 valence electrons. The summed E-state index contributed by atoms with van der Waals surface area (Å²) >= 11 is 0. The van der Waals surface area contributed by atoms with Gasteiger partial charge in [0.2, 0.25) is 5.91 Å². The van der Waals surface area contributed by atoms with Crippen molar-refractivity contribution >= 4 is 5.91 Å². The minimum absolute atomic E-state index is 0.0343. The first-order chi connectivity index (χ1) is 9.31. The Kier molecular flexibility index (Phi) is 6.21. The predicted octanol–water partition coefficient (Wildman–Crippen LogP) is 2.73. The van der Waals surface area contributed by atoms with Crippen molar-refractivity contribution in [1.29, 1.82) is 0 Å². The van der Waals surface area contributed by atoms with Crippen molar-refractivity contribution in [2.24, 2.45) is 0 Å². The third-order valence-corrected chi connectivity index (χ3v) is 3.69. The highest BCUT2D eigenvalue weighted by Gasteiger charge is 2.21. The molecule has 0 atom stereocenters. The van der Waals surface area contributed by atoms with Crippen LogP contribution in [0.1, 0.15) is 37.8 Å². The molecule has 1 N–H and O–H groups in total. The topological polar surface area (TPSA) is 32.3 Å². The summed E-state index contributed by atoms with van der Waals surface area (Å²) in [5.74, 6) is 0.145. The molecule has 1 amide bonds. The summed E-state index contributed by atoms with van der Waals surface area (Å²) in [6.07, 6.45) is 1.44. The van der Waals surface area contributed by atoms with Gasteiger partial charge in [0.1, 0.15) is 0 Å². The number of nitrogens with one attached hydrogen (secondary N) is 1. The number of nitrogens with zero attached hydrogens (tertiary/aromatic N) is 1. The molecule has 0 aliphatic heterocycles. The lowest BCUT2D eigenvalue weighted by Crippen LogP contribution is -2.32. The van der Waals surface area contributed by atoms with Gasteiger partial charge in [-0.2, -0.15) is 0 Å². The molecule has 3 heteroatoms. The minimum atomic E-state index is 0.0343. The number of carbonyl (C=O) groups is 1. The molecule has 0 fully saturated rings. The maximum absolute atomic E-state index is 11.8. The Bertz CT molecular complexity index is 421. The van der Waals surface area contributed by atoms with Crippen molar-refractivity contribution in [3.63, 3.8) is 0 Å². The fraction of sp³-hybridized carbons (Fsp3) is 0.588. The highest BCUT2D eigenvalue weighted by Crippen LogP contribution is 2.28. The van der Waals surface area contributed by atoms with Crippen LogP contribution in [0.2, 0.25) is 0 Å². The maximum atomic E-state index is 11.8. The summed E-state index contributed by atoms with van der Waals surface area (Å²) in [7, 11) is 4.01. The zero-order valence-electron chi connectivity index (χ0n) is 13.5. The smallest absolute Gasteiger partial charge is 0.220 e. The van der Waals surface area contributed by atoms with Crippen molar-refractivity contribution in [1.82, 2.24) is 10.2 Å². The molecule has 0 unspecified atom stereocenters. The van der Waals surface area contributed by atoms with E-state index < -0.39 is 0 Å². The second-order valence-electron chi connectivity index (χ2n) is 6.40. The van der Waals surface area contributed by atoms with Gasteiger partial charge in [-0.05, 0) is 38.4 Å².